The van der Waals surface area contributed by atoms with Crippen LogP contribution in [-0.4, -0.2) is 14.1 Å². The van der Waals surface area contributed by atoms with Crippen LogP contribution >= 0.6 is 0 Å². The molecular weight excluding hydrogens is 160 g/mol. The highest BCUT2D eigenvalue weighted by molar-refractivity contribution is 5.09. The SMILES string of the molecule is Cc1ccc(C(C)C)[n+](N(C)C)c1. The van der Waals surface area contributed by atoms with Gasteiger partial charge in [0, 0.05) is 17.5 Å². The first-order valence-electron chi connectivity index (χ1n) is 4.72. The van der Waals surface area contributed by atoms with Crippen LogP contribution in [0.2, 0.25) is 0 Å². The van der Waals surface area contributed by atoms with Gasteiger partial charge >= 0.3 is 0 Å². The van der Waals surface area contributed by atoms with E-state index in [4.69, 9.17) is 0 Å². The maximum atomic E-state index is 2.21. The van der Waals surface area contributed by atoms with Gasteiger partial charge in [0.1, 0.15) is 0 Å². The first-order chi connectivity index (χ1) is 6.02. The third-order valence-corrected chi connectivity index (χ3v) is 2.13. The van der Waals surface area contributed by atoms with Crippen LogP contribution in [0.15, 0.2) is 18.3 Å². The van der Waals surface area contributed by atoms with Crippen molar-refractivity contribution in [1.82, 2.24) is 0 Å². The molecule has 2 nitrogen and oxygen atoms in total. The van der Waals surface area contributed by atoms with Gasteiger partial charge in [-0.15, -0.1) is 0 Å². The van der Waals surface area contributed by atoms with E-state index in [9.17, 15) is 0 Å². The summed E-state index contributed by atoms with van der Waals surface area (Å²) < 4.78 is 2.19. The number of hydrogen-bond acceptors (Lipinski definition) is 1. The highest BCUT2D eigenvalue weighted by Gasteiger charge is 2.15. The van der Waals surface area contributed by atoms with Crippen LogP contribution in [0.25, 0.3) is 0 Å². The lowest BCUT2D eigenvalue weighted by Crippen LogP contribution is -2.55. The van der Waals surface area contributed by atoms with E-state index >= 15 is 0 Å². The van der Waals surface area contributed by atoms with Crippen LogP contribution in [0.4, 0.5) is 0 Å². The molecule has 0 radical (unpaired) electrons. The molecule has 0 fully saturated rings. The molecule has 0 saturated heterocycles. The van der Waals surface area contributed by atoms with E-state index in [1.807, 2.05) is 0 Å². The summed E-state index contributed by atoms with van der Waals surface area (Å²) in [7, 11) is 4.12. The van der Waals surface area contributed by atoms with E-state index in [1.54, 1.807) is 0 Å². The van der Waals surface area contributed by atoms with Crippen LogP contribution in [0.5, 0.6) is 0 Å². The van der Waals surface area contributed by atoms with Gasteiger partial charge in [-0.25, -0.2) is 0 Å². The minimum Gasteiger partial charge on any atom is -0.187 e. The highest BCUT2D eigenvalue weighted by Crippen LogP contribution is 2.09. The lowest BCUT2D eigenvalue weighted by atomic mass is 10.1. The maximum absolute atomic E-state index is 2.21. The molecule has 1 aromatic heterocycles. The summed E-state index contributed by atoms with van der Waals surface area (Å²) in [5.74, 6) is 0.558. The van der Waals surface area contributed by atoms with Gasteiger partial charge < -0.3 is 0 Å². The fraction of sp³-hybridized carbons (Fsp3) is 0.545. The Morgan fingerprint density at radius 1 is 1.23 bits per heavy atom. The van der Waals surface area contributed by atoms with Crippen LogP contribution < -0.4 is 9.69 Å². The zero-order valence-electron chi connectivity index (χ0n) is 9.20. The zero-order valence-corrected chi connectivity index (χ0v) is 9.20. The molecule has 13 heavy (non-hydrogen) atoms. The van der Waals surface area contributed by atoms with Crippen molar-refractivity contribution in [3.8, 4) is 0 Å². The van der Waals surface area contributed by atoms with Crippen molar-refractivity contribution in [2.75, 3.05) is 19.1 Å². The minimum atomic E-state index is 0.558. The molecule has 0 aliphatic rings. The molecule has 0 aliphatic carbocycles. The van der Waals surface area contributed by atoms with Crippen molar-refractivity contribution in [3.05, 3.63) is 29.6 Å². The molecule has 2 heteroatoms. The number of pyridine rings is 1. The smallest absolute Gasteiger partial charge is 0.187 e. The van der Waals surface area contributed by atoms with Crippen molar-refractivity contribution in [3.63, 3.8) is 0 Å². The van der Waals surface area contributed by atoms with Crippen LogP contribution in [0.1, 0.15) is 31.0 Å². The molecule has 1 aromatic rings. The average Bonchev–Trinajstić information content (AvgIpc) is 2.03. The lowest BCUT2D eigenvalue weighted by molar-refractivity contribution is -0.696. The predicted octanol–water partition coefficient (Wildman–Crippen LogP) is 1.60. The van der Waals surface area contributed by atoms with Gasteiger partial charge in [-0.2, -0.15) is 5.01 Å². The van der Waals surface area contributed by atoms with Crippen molar-refractivity contribution >= 4 is 0 Å². The summed E-state index contributed by atoms with van der Waals surface area (Å²) in [4.78, 5) is 0. The summed E-state index contributed by atoms with van der Waals surface area (Å²) in [5.41, 5.74) is 2.63. The molecule has 0 N–H and O–H groups in total. The quantitative estimate of drug-likeness (QED) is 0.626. The molecular formula is C11H19N2+. The van der Waals surface area contributed by atoms with Gasteiger partial charge in [0.05, 0.1) is 14.1 Å². The molecule has 0 bridgehead atoms. The summed E-state index contributed by atoms with van der Waals surface area (Å²) in [6, 6.07) is 4.36. The van der Waals surface area contributed by atoms with E-state index in [2.05, 4.69) is 62.9 Å². The van der Waals surface area contributed by atoms with Crippen LogP contribution in [0.3, 0.4) is 0 Å². The number of hydrogen-bond donors (Lipinski definition) is 0. The second-order valence-electron chi connectivity index (χ2n) is 3.98. The molecule has 0 atom stereocenters. The molecule has 72 valence electrons. The maximum Gasteiger partial charge on any atom is 0.214 e. The fourth-order valence-corrected chi connectivity index (χ4v) is 1.41. The second-order valence-corrected chi connectivity index (χ2v) is 3.98. The van der Waals surface area contributed by atoms with Gasteiger partial charge in [0.25, 0.3) is 0 Å². The molecule has 1 heterocycles. The first kappa shape index (κ1) is 10.0. The largest absolute Gasteiger partial charge is 0.214 e. The Morgan fingerprint density at radius 3 is 2.31 bits per heavy atom. The summed E-state index contributed by atoms with van der Waals surface area (Å²) in [6.45, 7) is 6.54. The molecule has 0 saturated carbocycles. The highest BCUT2D eigenvalue weighted by atomic mass is 15.5. The Bertz CT molecular complexity index is 290. The van der Waals surface area contributed by atoms with E-state index in [-0.39, 0.29) is 0 Å². The van der Waals surface area contributed by atoms with Crippen molar-refractivity contribution in [2.45, 2.75) is 26.7 Å². The standard InChI is InChI=1S/C11H19N2/c1-9(2)11-7-6-10(3)8-13(11)12(4)5/h6-9H,1-5H3/q+1. The zero-order chi connectivity index (χ0) is 10.0. The van der Waals surface area contributed by atoms with Gasteiger partial charge in [-0.3, -0.25) is 0 Å². The van der Waals surface area contributed by atoms with E-state index in [1.165, 1.54) is 11.3 Å². The second kappa shape index (κ2) is 3.77. The predicted molar refractivity (Wildman–Crippen MR) is 55.5 cm³/mol. The number of rotatable bonds is 2. The van der Waals surface area contributed by atoms with Crippen molar-refractivity contribution in [1.29, 1.82) is 0 Å². The summed E-state index contributed by atoms with van der Waals surface area (Å²) in [5, 5.41) is 2.10. The minimum absolute atomic E-state index is 0.558. The number of aromatic nitrogens is 1. The normalized spacial score (nSPS) is 10.6. The molecule has 1 rings (SSSR count). The van der Waals surface area contributed by atoms with E-state index in [0.717, 1.165) is 0 Å². The Morgan fingerprint density at radius 2 is 1.85 bits per heavy atom. The monoisotopic (exact) mass is 179 g/mol. The molecule has 0 spiro atoms. The fourth-order valence-electron chi connectivity index (χ4n) is 1.41. The Labute approximate surface area is 80.8 Å². The van der Waals surface area contributed by atoms with E-state index in [0.29, 0.717) is 5.92 Å². The topological polar surface area (TPSA) is 7.12 Å². The number of aryl methyl sites for hydroxylation is 1. The van der Waals surface area contributed by atoms with Gasteiger partial charge in [-0.05, 0) is 13.0 Å². The Hall–Kier alpha value is -1.05. The van der Waals surface area contributed by atoms with E-state index < -0.39 is 0 Å². The van der Waals surface area contributed by atoms with Gasteiger partial charge in [0.2, 0.25) is 11.9 Å². The summed E-state index contributed by atoms with van der Waals surface area (Å²) >= 11 is 0. The van der Waals surface area contributed by atoms with Gasteiger partial charge in [-0.1, -0.05) is 18.5 Å². The van der Waals surface area contributed by atoms with Crippen LogP contribution in [-0.2, 0) is 0 Å². The van der Waals surface area contributed by atoms with Crippen molar-refractivity contribution < 1.29 is 4.68 Å². The average molecular weight is 179 g/mol. The molecule has 0 aromatic carbocycles. The first-order valence-corrected chi connectivity index (χ1v) is 4.72. The lowest BCUT2D eigenvalue weighted by Gasteiger charge is -2.12. The summed E-state index contributed by atoms with van der Waals surface area (Å²) in [6.07, 6.45) is 2.16. The third kappa shape index (κ3) is 2.20. The molecule has 0 amide bonds. The third-order valence-electron chi connectivity index (χ3n) is 2.13. The number of nitrogens with zero attached hydrogens (tertiary/aromatic N) is 2. The van der Waals surface area contributed by atoms with Gasteiger partial charge in [0.15, 0.2) is 0 Å². The Balaban J connectivity index is 3.19. The molecule has 0 aliphatic heterocycles. The molecule has 0 unspecified atom stereocenters. The van der Waals surface area contributed by atoms with Crippen LogP contribution in [0, 0.1) is 6.92 Å². The van der Waals surface area contributed by atoms with Crippen molar-refractivity contribution in [2.24, 2.45) is 0 Å². The Kier molecular flexibility index (Phi) is 2.91.